The normalized spacial score (nSPS) is 20.4. The molecule has 1 aliphatic rings. The molecule has 2 heterocycles. The average Bonchev–Trinajstić information content (AvgIpc) is 3.23. The van der Waals surface area contributed by atoms with Crippen molar-refractivity contribution in [2.45, 2.75) is 12.1 Å². The number of aromatic nitrogens is 2. The fourth-order valence-electron chi connectivity index (χ4n) is 2.83. The molecule has 2 aromatic carbocycles. The Morgan fingerprint density at radius 3 is 2.75 bits per heavy atom. The topological polar surface area (TPSA) is 56.2 Å². The Labute approximate surface area is 138 Å². The Bertz CT molecular complexity index is 883. The van der Waals surface area contributed by atoms with E-state index in [0.29, 0.717) is 5.69 Å². The van der Waals surface area contributed by atoms with E-state index in [4.69, 9.17) is 4.74 Å². The van der Waals surface area contributed by atoms with Gasteiger partial charge in [-0.2, -0.15) is 0 Å². The summed E-state index contributed by atoms with van der Waals surface area (Å²) in [6, 6.07) is 15.1. The lowest BCUT2D eigenvalue weighted by atomic mass is 10.0. The van der Waals surface area contributed by atoms with Crippen molar-refractivity contribution in [3.8, 4) is 5.69 Å². The predicted octanol–water partition coefficient (Wildman–Crippen LogP) is 3.09. The Morgan fingerprint density at radius 1 is 1.21 bits per heavy atom. The summed E-state index contributed by atoms with van der Waals surface area (Å²) in [4.78, 5) is 16.4. The minimum atomic E-state index is -1.93. The molecule has 24 heavy (non-hydrogen) atoms. The van der Waals surface area contributed by atoms with Gasteiger partial charge in [-0.05, 0) is 36.4 Å². The molecule has 4 rings (SSSR count). The van der Waals surface area contributed by atoms with Gasteiger partial charge in [0.25, 0.3) is 5.91 Å². The van der Waals surface area contributed by atoms with E-state index in [1.165, 1.54) is 0 Å². The van der Waals surface area contributed by atoms with Crippen LogP contribution in [0.2, 0.25) is 0 Å². The van der Waals surface area contributed by atoms with Crippen molar-refractivity contribution in [1.29, 1.82) is 0 Å². The average molecular weight is 325 g/mol. The van der Waals surface area contributed by atoms with Crippen LogP contribution in [0.5, 0.6) is 0 Å². The third-order valence-corrected chi connectivity index (χ3v) is 4.24. The second-order valence-electron chi connectivity index (χ2n) is 5.87. The molecule has 1 aromatic heterocycles. The first kappa shape index (κ1) is 14.8. The lowest BCUT2D eigenvalue weighted by molar-refractivity contribution is -0.127. The highest BCUT2D eigenvalue weighted by Gasteiger charge is 2.42. The number of imidazole rings is 1. The number of amides is 1. The van der Waals surface area contributed by atoms with E-state index in [0.717, 1.165) is 16.7 Å². The van der Waals surface area contributed by atoms with Crippen LogP contribution in [0.3, 0.4) is 0 Å². The highest BCUT2D eigenvalue weighted by molar-refractivity contribution is 5.97. The van der Waals surface area contributed by atoms with Crippen molar-refractivity contribution in [2.24, 2.45) is 0 Å². The van der Waals surface area contributed by atoms with Crippen LogP contribution in [-0.2, 0) is 9.53 Å². The van der Waals surface area contributed by atoms with Gasteiger partial charge in [0, 0.05) is 17.8 Å². The van der Waals surface area contributed by atoms with Gasteiger partial charge in [0.15, 0.2) is 0 Å². The van der Waals surface area contributed by atoms with Crippen LogP contribution in [0.15, 0.2) is 54.9 Å². The minimum absolute atomic E-state index is 0.0952. The first-order valence-corrected chi connectivity index (χ1v) is 7.76. The van der Waals surface area contributed by atoms with Crippen LogP contribution < -0.4 is 5.32 Å². The molecule has 0 aliphatic carbocycles. The zero-order valence-electron chi connectivity index (χ0n) is 12.9. The summed E-state index contributed by atoms with van der Waals surface area (Å²) in [6.45, 7) is 0.0918. The summed E-state index contributed by atoms with van der Waals surface area (Å²) in [5.41, 5.74) is 1.45. The number of nitrogens with zero attached hydrogens (tertiary/aromatic N) is 2. The fourth-order valence-corrected chi connectivity index (χ4v) is 2.83. The summed E-state index contributed by atoms with van der Waals surface area (Å²) < 4.78 is 21.3. The zero-order valence-corrected chi connectivity index (χ0v) is 12.9. The molecule has 0 bridgehead atoms. The summed E-state index contributed by atoms with van der Waals surface area (Å²) in [6.07, 6.45) is 1.85. The van der Waals surface area contributed by atoms with Crippen molar-refractivity contribution >= 4 is 22.6 Å². The van der Waals surface area contributed by atoms with Gasteiger partial charge in [0.05, 0.1) is 24.2 Å². The Hall–Kier alpha value is -2.73. The SMILES string of the molecule is O=C(Nc1ccc(-n2cnc3ccccc32)cc1)C1(F)CCOC1. The standard InChI is InChI=1S/C18H16FN3O2/c19-18(9-10-24-11-18)17(23)21-13-5-7-14(8-6-13)22-12-20-15-3-1-2-4-16(15)22/h1-8,12H,9-11H2,(H,21,23). The minimum Gasteiger partial charge on any atom is -0.377 e. The third-order valence-electron chi connectivity index (χ3n) is 4.24. The molecule has 1 N–H and O–H groups in total. The second kappa shape index (κ2) is 5.72. The van der Waals surface area contributed by atoms with E-state index in [1.807, 2.05) is 41.0 Å². The first-order valence-electron chi connectivity index (χ1n) is 7.76. The summed E-state index contributed by atoms with van der Waals surface area (Å²) in [5.74, 6) is -0.652. The molecule has 1 atom stereocenters. The molecule has 1 unspecified atom stereocenters. The van der Waals surface area contributed by atoms with E-state index in [9.17, 15) is 9.18 Å². The van der Waals surface area contributed by atoms with E-state index in [2.05, 4.69) is 10.3 Å². The number of carbonyl (C=O) groups excluding carboxylic acids is 1. The van der Waals surface area contributed by atoms with Gasteiger partial charge in [0.1, 0.15) is 6.33 Å². The van der Waals surface area contributed by atoms with Gasteiger partial charge in [-0.1, -0.05) is 12.1 Å². The van der Waals surface area contributed by atoms with Crippen LogP contribution in [0.1, 0.15) is 6.42 Å². The fraction of sp³-hybridized carbons (Fsp3) is 0.222. The number of alkyl halides is 1. The number of anilines is 1. The number of halogens is 1. The quantitative estimate of drug-likeness (QED) is 0.805. The molecular weight excluding hydrogens is 309 g/mol. The second-order valence-corrected chi connectivity index (χ2v) is 5.87. The van der Waals surface area contributed by atoms with Gasteiger partial charge >= 0.3 is 0 Å². The largest absolute Gasteiger partial charge is 0.377 e. The molecule has 0 spiro atoms. The lowest BCUT2D eigenvalue weighted by Crippen LogP contribution is -2.39. The molecule has 0 saturated carbocycles. The monoisotopic (exact) mass is 325 g/mol. The first-order chi connectivity index (χ1) is 11.7. The maximum Gasteiger partial charge on any atom is 0.264 e. The number of carbonyl (C=O) groups is 1. The van der Waals surface area contributed by atoms with Crippen molar-refractivity contribution in [3.63, 3.8) is 0 Å². The number of rotatable bonds is 3. The number of para-hydroxylation sites is 2. The third kappa shape index (κ3) is 2.55. The van der Waals surface area contributed by atoms with Gasteiger partial charge in [-0.15, -0.1) is 0 Å². The molecule has 1 saturated heterocycles. The Balaban J connectivity index is 1.56. The highest BCUT2D eigenvalue weighted by Crippen LogP contribution is 2.26. The number of hydrogen-bond acceptors (Lipinski definition) is 3. The molecule has 3 aromatic rings. The summed E-state index contributed by atoms with van der Waals surface area (Å²) in [5, 5.41) is 2.62. The maximum absolute atomic E-state index is 14.3. The lowest BCUT2D eigenvalue weighted by Gasteiger charge is -2.16. The van der Waals surface area contributed by atoms with Crippen molar-refractivity contribution in [1.82, 2.24) is 9.55 Å². The van der Waals surface area contributed by atoms with Crippen LogP contribution >= 0.6 is 0 Å². The smallest absolute Gasteiger partial charge is 0.264 e. The van der Waals surface area contributed by atoms with Crippen LogP contribution in [0.25, 0.3) is 16.7 Å². The van der Waals surface area contributed by atoms with E-state index < -0.39 is 11.6 Å². The van der Waals surface area contributed by atoms with Crippen LogP contribution in [-0.4, -0.2) is 34.3 Å². The Kier molecular flexibility index (Phi) is 3.54. The molecule has 1 amide bonds. The number of benzene rings is 2. The Morgan fingerprint density at radius 2 is 2.00 bits per heavy atom. The van der Waals surface area contributed by atoms with Crippen LogP contribution in [0.4, 0.5) is 10.1 Å². The maximum atomic E-state index is 14.3. The predicted molar refractivity (Wildman–Crippen MR) is 89.0 cm³/mol. The number of fused-ring (bicyclic) bond motifs is 1. The van der Waals surface area contributed by atoms with E-state index >= 15 is 0 Å². The number of ether oxygens (including phenoxy) is 1. The number of hydrogen-bond donors (Lipinski definition) is 1. The molecule has 122 valence electrons. The summed E-state index contributed by atoms with van der Waals surface area (Å²) >= 11 is 0. The molecule has 0 radical (unpaired) electrons. The van der Waals surface area contributed by atoms with Gasteiger partial charge in [-0.3, -0.25) is 9.36 Å². The molecule has 1 fully saturated rings. The van der Waals surface area contributed by atoms with Gasteiger partial charge in [0.2, 0.25) is 5.67 Å². The van der Waals surface area contributed by atoms with Gasteiger partial charge in [-0.25, -0.2) is 9.37 Å². The molecule has 6 heteroatoms. The zero-order chi connectivity index (χ0) is 16.6. The van der Waals surface area contributed by atoms with Gasteiger partial charge < -0.3 is 10.1 Å². The number of nitrogens with one attached hydrogen (secondary N) is 1. The highest BCUT2D eigenvalue weighted by atomic mass is 19.1. The van der Waals surface area contributed by atoms with Crippen molar-refractivity contribution < 1.29 is 13.9 Å². The summed E-state index contributed by atoms with van der Waals surface area (Å²) in [7, 11) is 0. The van der Waals surface area contributed by atoms with Crippen molar-refractivity contribution in [3.05, 3.63) is 54.9 Å². The molecule has 1 aliphatic heterocycles. The van der Waals surface area contributed by atoms with E-state index in [1.54, 1.807) is 18.5 Å². The molecule has 5 nitrogen and oxygen atoms in total. The van der Waals surface area contributed by atoms with E-state index in [-0.39, 0.29) is 19.6 Å². The van der Waals surface area contributed by atoms with Crippen LogP contribution in [0, 0.1) is 0 Å². The van der Waals surface area contributed by atoms with Crippen molar-refractivity contribution in [2.75, 3.05) is 18.5 Å². The molecular formula is C18H16FN3O2.